The number of nitrogen functional groups attached to an aromatic ring is 1. The van der Waals surface area contributed by atoms with Crippen molar-refractivity contribution in [2.45, 2.75) is 13.5 Å². The van der Waals surface area contributed by atoms with Crippen molar-refractivity contribution >= 4 is 23.4 Å². The van der Waals surface area contributed by atoms with Crippen LogP contribution < -0.4 is 10.6 Å². The third-order valence-corrected chi connectivity index (χ3v) is 3.52. The molecular weight excluding hydrogens is 294 g/mol. The van der Waals surface area contributed by atoms with Crippen molar-refractivity contribution in [3.05, 3.63) is 22.9 Å². The lowest BCUT2D eigenvalue weighted by atomic mass is 10.3. The molecule has 8 nitrogen and oxygen atoms in total. The lowest BCUT2D eigenvalue weighted by molar-refractivity contribution is 0.239. The number of rotatable bonds is 3. The third-order valence-electron chi connectivity index (χ3n) is 3.33. The first kappa shape index (κ1) is 14.0. The molecule has 1 fully saturated rings. The fourth-order valence-electron chi connectivity index (χ4n) is 2.33. The standard InChI is InChI=1S/C12H16ClN7O/c1-8-15-10(18-21-8)7-19-2-4-20(5-3-19)11-6-9(13)16-12(14)17-11/h6H,2-5,7H2,1H3,(H2,14,16,17). The summed E-state index contributed by atoms with van der Waals surface area (Å²) < 4.78 is 4.98. The van der Waals surface area contributed by atoms with Crippen molar-refractivity contribution in [2.24, 2.45) is 0 Å². The summed E-state index contributed by atoms with van der Waals surface area (Å²) in [5, 5.41) is 4.28. The quantitative estimate of drug-likeness (QED) is 0.829. The third kappa shape index (κ3) is 3.40. The molecule has 1 saturated heterocycles. The molecule has 1 aliphatic rings. The van der Waals surface area contributed by atoms with E-state index in [1.807, 2.05) is 0 Å². The summed E-state index contributed by atoms with van der Waals surface area (Å²) in [6, 6.07) is 1.73. The van der Waals surface area contributed by atoms with Crippen molar-refractivity contribution < 1.29 is 4.52 Å². The van der Waals surface area contributed by atoms with Crippen molar-refractivity contribution in [3.63, 3.8) is 0 Å². The maximum Gasteiger partial charge on any atom is 0.223 e. The van der Waals surface area contributed by atoms with E-state index < -0.39 is 0 Å². The molecule has 0 amide bonds. The number of anilines is 2. The average molecular weight is 310 g/mol. The number of hydrogen-bond donors (Lipinski definition) is 1. The van der Waals surface area contributed by atoms with Crippen LogP contribution in [0.4, 0.5) is 11.8 Å². The van der Waals surface area contributed by atoms with Gasteiger partial charge < -0.3 is 15.2 Å². The highest BCUT2D eigenvalue weighted by atomic mass is 35.5. The van der Waals surface area contributed by atoms with Crippen molar-refractivity contribution in [2.75, 3.05) is 36.8 Å². The Morgan fingerprint density at radius 3 is 2.62 bits per heavy atom. The van der Waals surface area contributed by atoms with Gasteiger partial charge in [-0.05, 0) is 0 Å². The molecule has 1 aliphatic heterocycles. The van der Waals surface area contributed by atoms with E-state index in [9.17, 15) is 0 Å². The first-order valence-corrected chi connectivity index (χ1v) is 7.04. The second-order valence-electron chi connectivity index (χ2n) is 4.90. The largest absolute Gasteiger partial charge is 0.368 e. The average Bonchev–Trinajstić information content (AvgIpc) is 2.84. The molecule has 0 radical (unpaired) electrons. The Hall–Kier alpha value is -1.93. The maximum atomic E-state index is 5.91. The fourth-order valence-corrected chi connectivity index (χ4v) is 2.51. The van der Waals surface area contributed by atoms with Gasteiger partial charge in [0.1, 0.15) is 11.0 Å². The first-order chi connectivity index (χ1) is 10.1. The van der Waals surface area contributed by atoms with Crippen LogP contribution in [0, 0.1) is 6.92 Å². The minimum atomic E-state index is 0.196. The van der Waals surface area contributed by atoms with Crippen molar-refractivity contribution in [1.29, 1.82) is 0 Å². The SMILES string of the molecule is Cc1nc(CN2CCN(c3cc(Cl)nc(N)n3)CC2)no1. The number of aromatic nitrogens is 4. The molecular formula is C12H16ClN7O. The summed E-state index contributed by atoms with van der Waals surface area (Å²) in [6.07, 6.45) is 0. The molecule has 9 heteroatoms. The van der Waals surface area contributed by atoms with Crippen LogP contribution in [0.25, 0.3) is 0 Å². The molecule has 0 unspecified atom stereocenters. The molecule has 2 N–H and O–H groups in total. The highest BCUT2D eigenvalue weighted by Gasteiger charge is 2.20. The second-order valence-corrected chi connectivity index (χ2v) is 5.29. The van der Waals surface area contributed by atoms with Gasteiger partial charge in [-0.2, -0.15) is 9.97 Å². The monoisotopic (exact) mass is 309 g/mol. The van der Waals surface area contributed by atoms with E-state index in [0.29, 0.717) is 17.6 Å². The molecule has 112 valence electrons. The minimum absolute atomic E-state index is 0.196. The van der Waals surface area contributed by atoms with Gasteiger partial charge in [-0.25, -0.2) is 4.98 Å². The lowest BCUT2D eigenvalue weighted by Gasteiger charge is -2.34. The van der Waals surface area contributed by atoms with Gasteiger partial charge in [0.05, 0.1) is 6.54 Å². The van der Waals surface area contributed by atoms with Gasteiger partial charge in [-0.15, -0.1) is 0 Å². The smallest absolute Gasteiger partial charge is 0.223 e. The van der Waals surface area contributed by atoms with E-state index >= 15 is 0 Å². The molecule has 21 heavy (non-hydrogen) atoms. The van der Waals surface area contributed by atoms with E-state index in [1.165, 1.54) is 0 Å². The number of halogens is 1. The zero-order valence-electron chi connectivity index (χ0n) is 11.7. The number of hydrogen-bond acceptors (Lipinski definition) is 8. The molecule has 0 aliphatic carbocycles. The van der Waals surface area contributed by atoms with Crippen LogP contribution in [0.5, 0.6) is 0 Å². The Balaban J connectivity index is 1.59. The highest BCUT2D eigenvalue weighted by Crippen LogP contribution is 2.19. The summed E-state index contributed by atoms with van der Waals surface area (Å²) in [4.78, 5) is 16.7. The molecule has 0 saturated carbocycles. The van der Waals surface area contributed by atoms with E-state index in [-0.39, 0.29) is 5.95 Å². The number of nitrogens with two attached hydrogens (primary N) is 1. The van der Waals surface area contributed by atoms with Crippen molar-refractivity contribution in [1.82, 2.24) is 25.0 Å². The van der Waals surface area contributed by atoms with Gasteiger partial charge >= 0.3 is 0 Å². The number of piperazine rings is 1. The van der Waals surface area contributed by atoms with Crippen LogP contribution >= 0.6 is 11.6 Å². The zero-order valence-corrected chi connectivity index (χ0v) is 12.4. The second kappa shape index (κ2) is 5.82. The summed E-state index contributed by atoms with van der Waals surface area (Å²) >= 11 is 5.91. The summed E-state index contributed by atoms with van der Waals surface area (Å²) in [5.74, 6) is 2.27. The van der Waals surface area contributed by atoms with Crippen LogP contribution in [-0.4, -0.2) is 51.2 Å². The van der Waals surface area contributed by atoms with Gasteiger partial charge in [-0.3, -0.25) is 4.90 Å². The van der Waals surface area contributed by atoms with E-state index in [0.717, 1.165) is 37.8 Å². The molecule has 3 rings (SSSR count). The molecule has 3 heterocycles. The fraction of sp³-hybridized carbons (Fsp3) is 0.500. The van der Waals surface area contributed by atoms with Gasteiger partial charge in [0.2, 0.25) is 11.8 Å². The Bertz CT molecular complexity index is 604. The molecule has 0 bridgehead atoms. The van der Waals surface area contributed by atoms with E-state index in [1.54, 1.807) is 13.0 Å². The van der Waals surface area contributed by atoms with E-state index in [4.69, 9.17) is 21.9 Å². The molecule has 0 spiro atoms. The van der Waals surface area contributed by atoms with Gasteiger partial charge in [0, 0.05) is 39.2 Å². The Labute approximate surface area is 126 Å². The summed E-state index contributed by atoms with van der Waals surface area (Å²) in [5.41, 5.74) is 5.63. The maximum absolute atomic E-state index is 5.91. The van der Waals surface area contributed by atoms with Crippen LogP contribution in [0.3, 0.4) is 0 Å². The summed E-state index contributed by atoms with van der Waals surface area (Å²) in [7, 11) is 0. The number of nitrogens with zero attached hydrogens (tertiary/aromatic N) is 6. The predicted octanol–water partition coefficient (Wildman–Crippen LogP) is 0.726. The van der Waals surface area contributed by atoms with Crippen LogP contribution in [-0.2, 0) is 6.54 Å². The molecule has 2 aromatic heterocycles. The molecule has 2 aromatic rings. The van der Waals surface area contributed by atoms with Gasteiger partial charge in [0.25, 0.3) is 0 Å². The topological polar surface area (TPSA) is 97.2 Å². The lowest BCUT2D eigenvalue weighted by Crippen LogP contribution is -2.46. The van der Waals surface area contributed by atoms with Crippen LogP contribution in [0.2, 0.25) is 5.15 Å². The van der Waals surface area contributed by atoms with Gasteiger partial charge in [0.15, 0.2) is 5.82 Å². The Morgan fingerprint density at radius 2 is 2.00 bits per heavy atom. The normalized spacial score (nSPS) is 16.4. The van der Waals surface area contributed by atoms with Crippen molar-refractivity contribution in [3.8, 4) is 0 Å². The summed E-state index contributed by atoms with van der Waals surface area (Å²) in [6.45, 7) is 5.92. The Morgan fingerprint density at radius 1 is 1.24 bits per heavy atom. The first-order valence-electron chi connectivity index (χ1n) is 6.67. The highest BCUT2D eigenvalue weighted by molar-refractivity contribution is 6.29. The number of aryl methyl sites for hydroxylation is 1. The zero-order chi connectivity index (χ0) is 14.8. The van der Waals surface area contributed by atoms with E-state index in [2.05, 4.69) is 29.9 Å². The molecule has 0 aromatic carbocycles. The van der Waals surface area contributed by atoms with Crippen LogP contribution in [0.15, 0.2) is 10.6 Å². The van der Waals surface area contributed by atoms with Gasteiger partial charge in [-0.1, -0.05) is 16.8 Å². The van der Waals surface area contributed by atoms with Crippen LogP contribution in [0.1, 0.15) is 11.7 Å². The molecule has 0 atom stereocenters. The Kier molecular flexibility index (Phi) is 3.89. The predicted molar refractivity (Wildman–Crippen MR) is 78.0 cm³/mol. The minimum Gasteiger partial charge on any atom is -0.368 e.